The van der Waals surface area contributed by atoms with Crippen LogP contribution in [0.4, 0.5) is 5.69 Å². The van der Waals surface area contributed by atoms with Crippen LogP contribution < -0.4 is 16.6 Å². The Hall–Kier alpha value is -3.34. The van der Waals surface area contributed by atoms with Crippen molar-refractivity contribution in [1.82, 2.24) is 0 Å². The fourth-order valence-corrected chi connectivity index (χ4v) is 3.01. The molecule has 25 heavy (non-hydrogen) atoms. The highest BCUT2D eigenvalue weighted by atomic mass is 16.4. The first-order valence-corrected chi connectivity index (χ1v) is 7.86. The van der Waals surface area contributed by atoms with Crippen molar-refractivity contribution in [2.75, 3.05) is 12.4 Å². The molecule has 4 rings (SSSR count). The Morgan fingerprint density at radius 3 is 2.56 bits per heavy atom. The van der Waals surface area contributed by atoms with E-state index in [0.717, 1.165) is 22.0 Å². The van der Waals surface area contributed by atoms with Gasteiger partial charge in [-0.25, -0.2) is 9.59 Å². The van der Waals surface area contributed by atoms with Crippen LogP contribution >= 0.6 is 0 Å². The molecule has 0 saturated heterocycles. The smallest absolute Gasteiger partial charge is 0.344 e. The molecule has 2 aromatic heterocycles. The molecule has 1 N–H and O–H groups in total. The molecule has 0 aliphatic carbocycles. The number of hydrogen-bond acceptors (Lipinski definition) is 5. The molecule has 0 aliphatic heterocycles. The minimum atomic E-state index is -0.475. The third kappa shape index (κ3) is 2.50. The van der Waals surface area contributed by atoms with Gasteiger partial charge >= 0.3 is 11.3 Å². The molecule has 0 fully saturated rings. The summed E-state index contributed by atoms with van der Waals surface area (Å²) in [7, 11) is 1.80. The molecule has 5 nitrogen and oxygen atoms in total. The van der Waals surface area contributed by atoms with E-state index in [1.165, 1.54) is 6.07 Å². The standard InChI is InChI=1S/C20H15NO4/c1-11-8-18(22)25-19-14(11)4-3-5-15(19)16-9-12-6-7-13(21-2)10-17(12)24-20(16)23/h3-10,21H,1-2H3. The van der Waals surface area contributed by atoms with Crippen LogP contribution in [0.25, 0.3) is 33.1 Å². The van der Waals surface area contributed by atoms with E-state index in [0.29, 0.717) is 22.3 Å². The Kier molecular flexibility index (Phi) is 3.42. The number of fused-ring (bicyclic) bond motifs is 2. The number of hydrogen-bond donors (Lipinski definition) is 1. The second-order valence-electron chi connectivity index (χ2n) is 5.88. The molecule has 124 valence electrons. The van der Waals surface area contributed by atoms with Crippen molar-refractivity contribution in [3.63, 3.8) is 0 Å². The van der Waals surface area contributed by atoms with Crippen molar-refractivity contribution in [3.05, 3.63) is 74.9 Å². The zero-order valence-corrected chi connectivity index (χ0v) is 13.8. The summed E-state index contributed by atoms with van der Waals surface area (Å²) in [5.74, 6) is 0. The van der Waals surface area contributed by atoms with Crippen molar-refractivity contribution in [2.45, 2.75) is 6.92 Å². The van der Waals surface area contributed by atoms with E-state index in [9.17, 15) is 9.59 Å². The second kappa shape index (κ2) is 5.63. The molecular formula is C20H15NO4. The van der Waals surface area contributed by atoms with Gasteiger partial charge in [-0.2, -0.15) is 0 Å². The van der Waals surface area contributed by atoms with E-state index in [2.05, 4.69) is 5.32 Å². The molecule has 0 atom stereocenters. The molecule has 2 aromatic carbocycles. The summed E-state index contributed by atoms with van der Waals surface area (Å²) in [6.07, 6.45) is 0. The van der Waals surface area contributed by atoms with Gasteiger partial charge in [0.15, 0.2) is 0 Å². The highest BCUT2D eigenvalue weighted by Crippen LogP contribution is 2.29. The van der Waals surface area contributed by atoms with Crippen LogP contribution in [-0.2, 0) is 0 Å². The lowest BCUT2D eigenvalue weighted by Gasteiger charge is -2.07. The zero-order chi connectivity index (χ0) is 17.6. The summed E-state index contributed by atoms with van der Waals surface area (Å²) < 4.78 is 10.9. The summed E-state index contributed by atoms with van der Waals surface area (Å²) in [6, 6.07) is 14.2. The molecule has 0 unspecified atom stereocenters. The molecule has 0 radical (unpaired) electrons. The molecule has 0 spiro atoms. The van der Waals surface area contributed by atoms with Crippen LogP contribution in [0.2, 0.25) is 0 Å². The van der Waals surface area contributed by atoms with Crippen LogP contribution in [0.1, 0.15) is 5.56 Å². The average molecular weight is 333 g/mol. The Balaban J connectivity index is 2.05. The molecular weight excluding hydrogens is 318 g/mol. The maximum absolute atomic E-state index is 12.5. The third-order valence-corrected chi connectivity index (χ3v) is 4.29. The van der Waals surface area contributed by atoms with Crippen molar-refractivity contribution >= 4 is 27.6 Å². The van der Waals surface area contributed by atoms with Crippen LogP contribution in [0.5, 0.6) is 0 Å². The van der Waals surface area contributed by atoms with Gasteiger partial charge in [0.1, 0.15) is 11.2 Å². The zero-order valence-electron chi connectivity index (χ0n) is 13.8. The Labute approximate surface area is 142 Å². The van der Waals surface area contributed by atoms with Crippen LogP contribution in [0.15, 0.2) is 67.0 Å². The highest BCUT2D eigenvalue weighted by molar-refractivity contribution is 5.95. The first-order chi connectivity index (χ1) is 12.1. The minimum absolute atomic E-state index is 0.365. The van der Waals surface area contributed by atoms with Crippen LogP contribution in [0.3, 0.4) is 0 Å². The largest absolute Gasteiger partial charge is 0.422 e. The second-order valence-corrected chi connectivity index (χ2v) is 5.88. The lowest BCUT2D eigenvalue weighted by molar-refractivity contribution is 0.555. The summed E-state index contributed by atoms with van der Waals surface area (Å²) in [4.78, 5) is 24.3. The topological polar surface area (TPSA) is 72.5 Å². The third-order valence-electron chi connectivity index (χ3n) is 4.29. The number of para-hydroxylation sites is 1. The lowest BCUT2D eigenvalue weighted by atomic mass is 10.0. The van der Waals surface area contributed by atoms with E-state index in [4.69, 9.17) is 8.83 Å². The number of rotatable bonds is 2. The number of anilines is 1. The highest BCUT2D eigenvalue weighted by Gasteiger charge is 2.14. The fraction of sp³-hybridized carbons (Fsp3) is 0.100. The van der Waals surface area contributed by atoms with Crippen molar-refractivity contribution in [1.29, 1.82) is 0 Å². The van der Waals surface area contributed by atoms with E-state index < -0.39 is 11.3 Å². The van der Waals surface area contributed by atoms with Gasteiger partial charge in [0, 0.05) is 41.2 Å². The van der Waals surface area contributed by atoms with Crippen LogP contribution in [0, 0.1) is 6.92 Å². The van der Waals surface area contributed by atoms with Gasteiger partial charge in [-0.15, -0.1) is 0 Å². The molecule has 0 saturated carbocycles. The molecule has 0 amide bonds. The average Bonchev–Trinajstić information content (AvgIpc) is 2.60. The van der Waals surface area contributed by atoms with E-state index in [1.807, 2.05) is 31.2 Å². The normalized spacial score (nSPS) is 11.1. The summed E-state index contributed by atoms with van der Waals surface area (Å²) >= 11 is 0. The van der Waals surface area contributed by atoms with Gasteiger partial charge in [-0.05, 0) is 30.7 Å². The Morgan fingerprint density at radius 2 is 1.76 bits per heavy atom. The summed E-state index contributed by atoms with van der Waals surface area (Å²) in [5, 5.41) is 4.60. The molecule has 2 heterocycles. The van der Waals surface area contributed by atoms with Gasteiger partial charge < -0.3 is 14.2 Å². The van der Waals surface area contributed by atoms with Gasteiger partial charge in [0.2, 0.25) is 0 Å². The minimum Gasteiger partial charge on any atom is -0.422 e. The maximum Gasteiger partial charge on any atom is 0.344 e. The van der Waals surface area contributed by atoms with E-state index in [-0.39, 0.29) is 0 Å². The van der Waals surface area contributed by atoms with Crippen molar-refractivity contribution < 1.29 is 8.83 Å². The number of aryl methyl sites for hydroxylation is 1. The summed E-state index contributed by atoms with van der Waals surface area (Å²) in [5.41, 5.74) is 2.55. The SMILES string of the molecule is CNc1ccc2cc(-c3cccc4c(C)cc(=O)oc34)c(=O)oc2c1. The predicted octanol–water partition coefficient (Wildman–Crippen LogP) is 3.92. The van der Waals surface area contributed by atoms with Gasteiger partial charge in [0.05, 0.1) is 5.56 Å². The van der Waals surface area contributed by atoms with Gasteiger partial charge in [-0.1, -0.05) is 18.2 Å². The molecule has 4 aromatic rings. The first kappa shape index (κ1) is 15.2. The molecule has 5 heteroatoms. The maximum atomic E-state index is 12.5. The number of nitrogens with one attached hydrogen (secondary N) is 1. The van der Waals surface area contributed by atoms with Crippen molar-refractivity contribution in [3.8, 4) is 11.1 Å². The lowest BCUT2D eigenvalue weighted by Crippen LogP contribution is -2.05. The quantitative estimate of drug-likeness (QED) is 0.563. The predicted molar refractivity (Wildman–Crippen MR) is 98.2 cm³/mol. The first-order valence-electron chi connectivity index (χ1n) is 7.86. The summed E-state index contributed by atoms with van der Waals surface area (Å²) in [6.45, 7) is 1.84. The van der Waals surface area contributed by atoms with Crippen LogP contribution in [-0.4, -0.2) is 7.05 Å². The molecule has 0 bridgehead atoms. The van der Waals surface area contributed by atoms with E-state index >= 15 is 0 Å². The Bertz CT molecular complexity index is 1230. The number of benzene rings is 2. The van der Waals surface area contributed by atoms with Crippen molar-refractivity contribution in [2.24, 2.45) is 0 Å². The monoisotopic (exact) mass is 333 g/mol. The Morgan fingerprint density at radius 1 is 0.920 bits per heavy atom. The van der Waals surface area contributed by atoms with E-state index in [1.54, 1.807) is 25.2 Å². The fourth-order valence-electron chi connectivity index (χ4n) is 3.01. The molecule has 0 aliphatic rings. The van der Waals surface area contributed by atoms with Gasteiger partial charge in [0.25, 0.3) is 0 Å². The van der Waals surface area contributed by atoms with Gasteiger partial charge in [-0.3, -0.25) is 0 Å².